The summed E-state index contributed by atoms with van der Waals surface area (Å²) in [6, 6.07) is 7.23. The van der Waals surface area contributed by atoms with Crippen LogP contribution in [0.1, 0.15) is 45.1 Å². The van der Waals surface area contributed by atoms with E-state index in [1.54, 1.807) is 12.1 Å². The van der Waals surface area contributed by atoms with Crippen molar-refractivity contribution in [2.45, 2.75) is 45.1 Å². The van der Waals surface area contributed by atoms with Crippen LogP contribution in [0.3, 0.4) is 0 Å². The Balaban J connectivity index is 2.35. The van der Waals surface area contributed by atoms with Gasteiger partial charge in [0.05, 0.1) is 0 Å². The van der Waals surface area contributed by atoms with Crippen LogP contribution in [0.25, 0.3) is 0 Å². The molecule has 0 radical (unpaired) electrons. The van der Waals surface area contributed by atoms with E-state index >= 15 is 0 Å². The van der Waals surface area contributed by atoms with Crippen LogP contribution in [0.4, 0.5) is 4.39 Å². The number of nitrogens with one attached hydrogen (secondary N) is 1. The topological polar surface area (TPSA) is 12.0 Å². The summed E-state index contributed by atoms with van der Waals surface area (Å²) in [5.74, 6) is 0.503. The minimum Gasteiger partial charge on any atom is -0.307 e. The molecule has 2 heteroatoms. The fourth-order valence-electron chi connectivity index (χ4n) is 3.03. The molecule has 17 heavy (non-hydrogen) atoms. The quantitative estimate of drug-likeness (QED) is 0.839. The standard InChI is InChI=1S/C15H22FN/c1-12(2)11-15(9-5-6-10-17-15)13-7-3-4-8-14(13)16/h3-4,7-8,12,17H,5-6,9-11H2,1-2H3. The molecule has 1 nitrogen and oxygen atoms in total. The van der Waals surface area contributed by atoms with Crippen molar-refractivity contribution >= 4 is 0 Å². The molecule has 1 aromatic rings. The van der Waals surface area contributed by atoms with Crippen molar-refractivity contribution in [3.8, 4) is 0 Å². The molecule has 1 fully saturated rings. The first-order valence-corrected chi connectivity index (χ1v) is 6.64. The van der Waals surface area contributed by atoms with E-state index in [9.17, 15) is 4.39 Å². The maximum absolute atomic E-state index is 14.0. The minimum atomic E-state index is -0.141. The first-order valence-electron chi connectivity index (χ1n) is 6.64. The Hall–Kier alpha value is -0.890. The second-order valence-corrected chi connectivity index (χ2v) is 5.54. The molecule has 1 saturated heterocycles. The SMILES string of the molecule is CC(C)CC1(c2ccccc2F)CCCCN1. The predicted molar refractivity (Wildman–Crippen MR) is 69.4 cm³/mol. The molecule has 0 saturated carbocycles. The molecule has 0 bridgehead atoms. The molecule has 1 aromatic carbocycles. The molecule has 1 aliphatic rings. The molecule has 94 valence electrons. The summed E-state index contributed by atoms with van der Waals surface area (Å²) in [6.45, 7) is 5.42. The van der Waals surface area contributed by atoms with E-state index < -0.39 is 0 Å². The average molecular weight is 235 g/mol. The third-order valence-electron chi connectivity index (χ3n) is 3.64. The summed E-state index contributed by atoms with van der Waals surface area (Å²) in [6.07, 6.45) is 4.45. The average Bonchev–Trinajstić information content (AvgIpc) is 2.29. The number of hydrogen-bond acceptors (Lipinski definition) is 1. The van der Waals surface area contributed by atoms with Crippen molar-refractivity contribution in [3.63, 3.8) is 0 Å². The maximum Gasteiger partial charge on any atom is 0.128 e. The Morgan fingerprint density at radius 3 is 2.65 bits per heavy atom. The Bertz CT molecular complexity index is 367. The summed E-state index contributed by atoms with van der Waals surface area (Å²) >= 11 is 0. The lowest BCUT2D eigenvalue weighted by Gasteiger charge is -2.40. The summed E-state index contributed by atoms with van der Waals surface area (Å²) in [5.41, 5.74) is 0.714. The van der Waals surface area contributed by atoms with E-state index in [4.69, 9.17) is 0 Å². The predicted octanol–water partition coefficient (Wildman–Crippen LogP) is 3.84. The minimum absolute atomic E-state index is 0.0671. The smallest absolute Gasteiger partial charge is 0.128 e. The lowest BCUT2D eigenvalue weighted by atomic mass is 9.76. The van der Waals surface area contributed by atoms with Crippen molar-refractivity contribution < 1.29 is 4.39 Å². The van der Waals surface area contributed by atoms with Gasteiger partial charge in [-0.2, -0.15) is 0 Å². The summed E-state index contributed by atoms with van der Waals surface area (Å²) in [7, 11) is 0. The van der Waals surface area contributed by atoms with Gasteiger partial charge in [-0.25, -0.2) is 4.39 Å². The molecule has 0 aromatic heterocycles. The van der Waals surface area contributed by atoms with E-state index in [1.165, 1.54) is 12.8 Å². The van der Waals surface area contributed by atoms with E-state index in [2.05, 4.69) is 19.2 Å². The zero-order valence-electron chi connectivity index (χ0n) is 10.8. The van der Waals surface area contributed by atoms with Crippen LogP contribution >= 0.6 is 0 Å². The lowest BCUT2D eigenvalue weighted by Crippen LogP contribution is -2.47. The largest absolute Gasteiger partial charge is 0.307 e. The summed E-state index contributed by atoms with van der Waals surface area (Å²) in [4.78, 5) is 0. The third-order valence-corrected chi connectivity index (χ3v) is 3.64. The van der Waals surface area contributed by atoms with Gasteiger partial charge < -0.3 is 5.32 Å². The molecule has 1 N–H and O–H groups in total. The number of benzene rings is 1. The van der Waals surface area contributed by atoms with Crippen LogP contribution in [0.15, 0.2) is 24.3 Å². The Morgan fingerprint density at radius 1 is 1.29 bits per heavy atom. The van der Waals surface area contributed by atoms with Crippen LogP contribution in [0.2, 0.25) is 0 Å². The zero-order valence-corrected chi connectivity index (χ0v) is 10.8. The highest BCUT2D eigenvalue weighted by atomic mass is 19.1. The number of piperidine rings is 1. The van der Waals surface area contributed by atoms with Crippen molar-refractivity contribution in [2.24, 2.45) is 5.92 Å². The van der Waals surface area contributed by atoms with Crippen LogP contribution in [-0.2, 0) is 5.54 Å². The highest BCUT2D eigenvalue weighted by molar-refractivity contribution is 5.27. The van der Waals surface area contributed by atoms with Gasteiger partial charge in [0.2, 0.25) is 0 Å². The Kier molecular flexibility index (Phi) is 3.82. The van der Waals surface area contributed by atoms with Gasteiger partial charge in [0.15, 0.2) is 0 Å². The normalized spacial score (nSPS) is 25.2. The molecular formula is C15H22FN. The molecule has 1 heterocycles. The first-order chi connectivity index (χ1) is 8.14. The van der Waals surface area contributed by atoms with Crippen LogP contribution in [0.5, 0.6) is 0 Å². The summed E-state index contributed by atoms with van der Waals surface area (Å²) in [5, 5.41) is 3.58. The highest BCUT2D eigenvalue weighted by Crippen LogP contribution is 2.37. The van der Waals surface area contributed by atoms with Crippen molar-refractivity contribution in [3.05, 3.63) is 35.6 Å². The van der Waals surface area contributed by atoms with E-state index in [0.29, 0.717) is 5.92 Å². The molecule has 1 aliphatic heterocycles. The van der Waals surface area contributed by atoms with Crippen molar-refractivity contribution in [1.29, 1.82) is 0 Å². The summed E-state index contributed by atoms with van der Waals surface area (Å²) < 4.78 is 14.0. The van der Waals surface area contributed by atoms with Gasteiger partial charge >= 0.3 is 0 Å². The van der Waals surface area contributed by atoms with E-state index in [-0.39, 0.29) is 11.4 Å². The molecule has 0 aliphatic carbocycles. The molecular weight excluding hydrogens is 213 g/mol. The fraction of sp³-hybridized carbons (Fsp3) is 0.600. The molecule has 1 unspecified atom stereocenters. The number of rotatable bonds is 3. The van der Waals surface area contributed by atoms with Gasteiger partial charge in [-0.15, -0.1) is 0 Å². The van der Waals surface area contributed by atoms with Gasteiger partial charge in [0.25, 0.3) is 0 Å². The molecule has 1 atom stereocenters. The van der Waals surface area contributed by atoms with Crippen LogP contribution in [0, 0.1) is 11.7 Å². The molecule has 2 rings (SSSR count). The van der Waals surface area contributed by atoms with Crippen LogP contribution in [-0.4, -0.2) is 6.54 Å². The van der Waals surface area contributed by atoms with Gasteiger partial charge in [-0.3, -0.25) is 0 Å². The van der Waals surface area contributed by atoms with Gasteiger partial charge in [0.1, 0.15) is 5.82 Å². The number of halogens is 1. The lowest BCUT2D eigenvalue weighted by molar-refractivity contribution is 0.207. The monoisotopic (exact) mass is 235 g/mol. The third kappa shape index (κ3) is 2.68. The Morgan fingerprint density at radius 2 is 2.06 bits per heavy atom. The Labute approximate surface area is 103 Å². The zero-order chi connectivity index (χ0) is 12.3. The van der Waals surface area contributed by atoms with Crippen LogP contribution < -0.4 is 5.32 Å². The maximum atomic E-state index is 14.0. The molecule has 0 amide bonds. The number of hydrogen-bond donors (Lipinski definition) is 1. The second-order valence-electron chi connectivity index (χ2n) is 5.54. The molecule has 0 spiro atoms. The highest BCUT2D eigenvalue weighted by Gasteiger charge is 2.35. The first kappa shape index (κ1) is 12.6. The fourth-order valence-corrected chi connectivity index (χ4v) is 3.03. The van der Waals surface area contributed by atoms with Crippen molar-refractivity contribution in [2.75, 3.05) is 6.54 Å². The second kappa shape index (κ2) is 5.18. The van der Waals surface area contributed by atoms with E-state index in [1.807, 2.05) is 12.1 Å². The van der Waals surface area contributed by atoms with Crippen molar-refractivity contribution in [1.82, 2.24) is 5.32 Å². The van der Waals surface area contributed by atoms with E-state index in [0.717, 1.165) is 24.9 Å². The van der Waals surface area contributed by atoms with Gasteiger partial charge in [0, 0.05) is 11.1 Å². The van der Waals surface area contributed by atoms with Gasteiger partial charge in [-0.1, -0.05) is 38.5 Å². The van der Waals surface area contributed by atoms with Gasteiger partial charge in [-0.05, 0) is 37.8 Å².